The number of nitrogens with zero attached hydrogens (tertiary/aromatic N) is 1. The number of carbonyl (C=O) groups excluding carboxylic acids is 2. The van der Waals surface area contributed by atoms with Crippen molar-refractivity contribution in [2.45, 2.75) is 52.4 Å². The first-order chi connectivity index (χ1) is 8.74. The first kappa shape index (κ1) is 15.5. The maximum absolute atomic E-state index is 12.1. The third-order valence-corrected chi connectivity index (χ3v) is 2.60. The first-order valence-electron chi connectivity index (χ1n) is 6.32. The molecule has 0 aromatic heterocycles. The molecule has 0 aromatic carbocycles. The molecule has 0 radical (unpaired) electrons. The fourth-order valence-corrected chi connectivity index (χ4v) is 1.69. The van der Waals surface area contributed by atoms with Crippen molar-refractivity contribution in [3.63, 3.8) is 0 Å². The van der Waals surface area contributed by atoms with Gasteiger partial charge in [0.25, 0.3) is 0 Å². The zero-order chi connectivity index (χ0) is 14.6. The Hall–Kier alpha value is -1.54. The topological polar surface area (TPSA) is 55.8 Å². The Morgan fingerprint density at radius 1 is 1.37 bits per heavy atom. The highest BCUT2D eigenvalue weighted by Crippen LogP contribution is 2.17. The summed E-state index contributed by atoms with van der Waals surface area (Å²) in [5, 5.41) is 0. The minimum absolute atomic E-state index is 0.117. The maximum atomic E-state index is 12.1. The van der Waals surface area contributed by atoms with E-state index in [1.807, 2.05) is 6.92 Å². The standard InChI is InChI=1S/C14H21NO4/c1-6-7-11(16)12-8-15(10(2)9-18-12)13(17)19-14(3,4)5/h10,12H,8-9H2,1-5H3/t10-,12+/m1/s1. The minimum Gasteiger partial charge on any atom is -0.444 e. The van der Waals surface area contributed by atoms with Gasteiger partial charge >= 0.3 is 6.09 Å². The highest BCUT2D eigenvalue weighted by Gasteiger charge is 2.35. The monoisotopic (exact) mass is 267 g/mol. The molecule has 2 atom stereocenters. The molecule has 0 aliphatic carbocycles. The van der Waals surface area contributed by atoms with Gasteiger partial charge in [-0.25, -0.2) is 4.79 Å². The van der Waals surface area contributed by atoms with Crippen LogP contribution in [0.3, 0.4) is 0 Å². The number of rotatable bonds is 1. The van der Waals surface area contributed by atoms with Crippen LogP contribution in [0.2, 0.25) is 0 Å². The van der Waals surface area contributed by atoms with Gasteiger partial charge in [-0.1, -0.05) is 5.92 Å². The summed E-state index contributed by atoms with van der Waals surface area (Å²) >= 11 is 0. The number of Topliss-reactive ketones (excluding diaryl/α,β-unsaturated/α-hetero) is 1. The first-order valence-corrected chi connectivity index (χ1v) is 6.32. The molecular formula is C14H21NO4. The number of ketones is 1. The summed E-state index contributed by atoms with van der Waals surface area (Å²) in [6.07, 6.45) is -1.11. The number of amides is 1. The van der Waals surface area contributed by atoms with Crippen molar-refractivity contribution in [1.82, 2.24) is 4.90 Å². The van der Waals surface area contributed by atoms with E-state index in [9.17, 15) is 9.59 Å². The molecule has 0 N–H and O–H groups in total. The Balaban J connectivity index is 2.73. The number of hydrogen-bond acceptors (Lipinski definition) is 4. The van der Waals surface area contributed by atoms with Gasteiger partial charge in [-0.3, -0.25) is 4.79 Å². The molecule has 0 unspecified atom stereocenters. The predicted molar refractivity (Wildman–Crippen MR) is 70.6 cm³/mol. The van der Waals surface area contributed by atoms with Crippen molar-refractivity contribution in [2.75, 3.05) is 13.2 Å². The van der Waals surface area contributed by atoms with Gasteiger partial charge in [0.05, 0.1) is 19.2 Å². The van der Waals surface area contributed by atoms with E-state index in [0.717, 1.165) is 0 Å². The summed E-state index contributed by atoms with van der Waals surface area (Å²) in [6, 6.07) is -0.117. The number of ether oxygens (including phenoxy) is 2. The van der Waals surface area contributed by atoms with Crippen LogP contribution < -0.4 is 0 Å². The second kappa shape index (κ2) is 6.07. The van der Waals surface area contributed by atoms with Gasteiger partial charge in [0, 0.05) is 0 Å². The van der Waals surface area contributed by atoms with E-state index in [1.54, 1.807) is 27.7 Å². The zero-order valence-electron chi connectivity index (χ0n) is 12.1. The smallest absolute Gasteiger partial charge is 0.410 e. The quantitative estimate of drug-likeness (QED) is 0.535. The van der Waals surface area contributed by atoms with Crippen molar-refractivity contribution in [1.29, 1.82) is 0 Å². The van der Waals surface area contributed by atoms with Crippen molar-refractivity contribution in [3.8, 4) is 11.8 Å². The summed E-state index contributed by atoms with van der Waals surface area (Å²) in [7, 11) is 0. The molecule has 1 fully saturated rings. The van der Waals surface area contributed by atoms with Crippen LogP contribution in [0.4, 0.5) is 4.79 Å². The molecule has 19 heavy (non-hydrogen) atoms. The van der Waals surface area contributed by atoms with Gasteiger partial charge in [0.15, 0.2) is 0 Å². The molecule has 0 spiro atoms. The number of hydrogen-bond donors (Lipinski definition) is 0. The maximum Gasteiger partial charge on any atom is 0.410 e. The molecule has 1 amide bonds. The zero-order valence-corrected chi connectivity index (χ0v) is 12.1. The Morgan fingerprint density at radius 3 is 2.53 bits per heavy atom. The second-order valence-corrected chi connectivity index (χ2v) is 5.54. The van der Waals surface area contributed by atoms with E-state index in [4.69, 9.17) is 9.47 Å². The normalized spacial score (nSPS) is 23.3. The van der Waals surface area contributed by atoms with E-state index >= 15 is 0 Å². The lowest BCUT2D eigenvalue weighted by Gasteiger charge is -2.37. The lowest BCUT2D eigenvalue weighted by atomic mass is 10.1. The molecule has 5 heteroatoms. The lowest BCUT2D eigenvalue weighted by molar-refractivity contribution is -0.132. The molecule has 1 aliphatic heterocycles. The Morgan fingerprint density at radius 2 is 2.00 bits per heavy atom. The Kier molecular flexibility index (Phi) is 4.96. The van der Waals surface area contributed by atoms with Gasteiger partial charge in [-0.05, 0) is 40.5 Å². The van der Waals surface area contributed by atoms with Crippen LogP contribution in [0.15, 0.2) is 0 Å². The van der Waals surface area contributed by atoms with Gasteiger partial charge in [0.2, 0.25) is 5.78 Å². The minimum atomic E-state index is -0.684. The van der Waals surface area contributed by atoms with Crippen molar-refractivity contribution in [3.05, 3.63) is 0 Å². The van der Waals surface area contributed by atoms with E-state index in [2.05, 4.69) is 11.8 Å². The molecule has 0 bridgehead atoms. The largest absolute Gasteiger partial charge is 0.444 e. The molecule has 0 aromatic rings. The summed E-state index contributed by atoms with van der Waals surface area (Å²) < 4.78 is 10.7. The van der Waals surface area contributed by atoms with Gasteiger partial charge in [0.1, 0.15) is 11.7 Å². The van der Waals surface area contributed by atoms with Gasteiger partial charge < -0.3 is 14.4 Å². The van der Waals surface area contributed by atoms with Crippen LogP contribution in [-0.2, 0) is 14.3 Å². The molecule has 1 rings (SSSR count). The van der Waals surface area contributed by atoms with Crippen molar-refractivity contribution < 1.29 is 19.1 Å². The Labute approximate surface area is 114 Å². The van der Waals surface area contributed by atoms with E-state index in [0.29, 0.717) is 6.61 Å². The van der Waals surface area contributed by atoms with Gasteiger partial charge in [-0.2, -0.15) is 0 Å². The van der Waals surface area contributed by atoms with Crippen LogP contribution in [0.5, 0.6) is 0 Å². The van der Waals surface area contributed by atoms with E-state index < -0.39 is 17.8 Å². The van der Waals surface area contributed by atoms with Crippen LogP contribution in [0.25, 0.3) is 0 Å². The number of carbonyl (C=O) groups is 2. The predicted octanol–water partition coefficient (Wildman–Crippen LogP) is 1.60. The third kappa shape index (κ3) is 4.56. The molecule has 5 nitrogen and oxygen atoms in total. The molecule has 1 saturated heterocycles. The van der Waals surface area contributed by atoms with Crippen LogP contribution in [0, 0.1) is 11.8 Å². The fourth-order valence-electron chi connectivity index (χ4n) is 1.69. The molecule has 1 heterocycles. The fraction of sp³-hybridized carbons (Fsp3) is 0.714. The molecular weight excluding hydrogens is 246 g/mol. The molecule has 1 aliphatic rings. The average Bonchev–Trinajstić information content (AvgIpc) is 2.27. The summed E-state index contributed by atoms with van der Waals surface area (Å²) in [5.41, 5.74) is -0.558. The highest BCUT2D eigenvalue weighted by atomic mass is 16.6. The summed E-state index contributed by atoms with van der Waals surface area (Å²) in [6.45, 7) is 9.36. The summed E-state index contributed by atoms with van der Waals surface area (Å²) in [4.78, 5) is 25.3. The van der Waals surface area contributed by atoms with Crippen molar-refractivity contribution >= 4 is 11.9 Å². The van der Waals surface area contributed by atoms with Crippen LogP contribution in [0.1, 0.15) is 34.6 Å². The molecule has 0 saturated carbocycles. The summed E-state index contributed by atoms with van der Waals surface area (Å²) in [5.74, 6) is 4.69. The van der Waals surface area contributed by atoms with Crippen LogP contribution >= 0.6 is 0 Å². The van der Waals surface area contributed by atoms with Crippen molar-refractivity contribution in [2.24, 2.45) is 0 Å². The SMILES string of the molecule is CC#CC(=O)[C@@H]1CN(C(=O)OC(C)(C)C)[C@H](C)CO1. The van der Waals surface area contributed by atoms with E-state index in [1.165, 1.54) is 4.90 Å². The lowest BCUT2D eigenvalue weighted by Crippen LogP contribution is -2.54. The van der Waals surface area contributed by atoms with E-state index in [-0.39, 0.29) is 18.4 Å². The average molecular weight is 267 g/mol. The molecule has 106 valence electrons. The van der Waals surface area contributed by atoms with Gasteiger partial charge in [-0.15, -0.1) is 0 Å². The highest BCUT2D eigenvalue weighted by molar-refractivity contribution is 5.99. The number of morpholine rings is 1. The third-order valence-electron chi connectivity index (χ3n) is 2.60. The second-order valence-electron chi connectivity index (χ2n) is 5.54. The Bertz CT molecular complexity index is 413. The van der Waals surface area contributed by atoms with Crippen LogP contribution in [-0.4, -0.2) is 47.7 Å².